The van der Waals surface area contributed by atoms with Gasteiger partial charge in [-0.05, 0) is 31.5 Å². The molecule has 0 radical (unpaired) electrons. The monoisotopic (exact) mass is 244 g/mol. The number of benzene rings is 1. The summed E-state index contributed by atoms with van der Waals surface area (Å²) in [6.45, 7) is 1.47. The Labute approximate surface area is 106 Å². The topological polar surface area (TPSA) is 62.8 Å². The molecule has 0 saturated carbocycles. The lowest BCUT2D eigenvalue weighted by molar-refractivity contribution is 0.296. The number of hydrogen-bond donors (Lipinski definition) is 2. The van der Waals surface area contributed by atoms with Crippen molar-refractivity contribution in [1.29, 1.82) is 0 Å². The van der Waals surface area contributed by atoms with Gasteiger partial charge < -0.3 is 10.1 Å². The SMILES string of the molecule is c1ccc(OCc2nc(C3CCCN3)n[nH]2)cc1. The maximum absolute atomic E-state index is 5.61. The first-order valence-electron chi connectivity index (χ1n) is 6.24. The molecule has 1 fully saturated rings. The van der Waals surface area contributed by atoms with Gasteiger partial charge >= 0.3 is 0 Å². The van der Waals surface area contributed by atoms with Crippen molar-refractivity contribution in [3.8, 4) is 5.75 Å². The Hall–Kier alpha value is -1.88. The number of nitrogens with zero attached hydrogens (tertiary/aromatic N) is 2. The molecular weight excluding hydrogens is 228 g/mol. The molecule has 1 saturated heterocycles. The first-order chi connectivity index (χ1) is 8.92. The molecule has 2 heterocycles. The summed E-state index contributed by atoms with van der Waals surface area (Å²) in [5.41, 5.74) is 0. The minimum absolute atomic E-state index is 0.298. The maximum Gasteiger partial charge on any atom is 0.167 e. The molecule has 1 aliphatic rings. The van der Waals surface area contributed by atoms with Crippen LogP contribution in [-0.4, -0.2) is 21.7 Å². The molecule has 0 aliphatic carbocycles. The summed E-state index contributed by atoms with van der Waals surface area (Å²) in [4.78, 5) is 4.45. The smallest absolute Gasteiger partial charge is 0.167 e. The molecule has 0 amide bonds. The van der Waals surface area contributed by atoms with Gasteiger partial charge in [0.15, 0.2) is 11.6 Å². The highest BCUT2D eigenvalue weighted by molar-refractivity contribution is 5.21. The quantitative estimate of drug-likeness (QED) is 0.861. The molecule has 5 nitrogen and oxygen atoms in total. The van der Waals surface area contributed by atoms with Gasteiger partial charge in [0.25, 0.3) is 0 Å². The molecule has 94 valence electrons. The lowest BCUT2D eigenvalue weighted by Gasteiger charge is -2.03. The zero-order valence-corrected chi connectivity index (χ0v) is 10.1. The Morgan fingerprint density at radius 1 is 1.28 bits per heavy atom. The number of aromatic nitrogens is 3. The van der Waals surface area contributed by atoms with Crippen LogP contribution in [0.25, 0.3) is 0 Å². The van der Waals surface area contributed by atoms with Crippen LogP contribution in [0.4, 0.5) is 0 Å². The Bertz CT molecular complexity index is 491. The first kappa shape index (κ1) is 11.2. The van der Waals surface area contributed by atoms with E-state index in [-0.39, 0.29) is 0 Å². The molecule has 0 bridgehead atoms. The Morgan fingerprint density at radius 2 is 2.17 bits per heavy atom. The third kappa shape index (κ3) is 2.51. The molecule has 1 unspecified atom stereocenters. The predicted octanol–water partition coefficient (Wildman–Crippen LogP) is 1.81. The largest absolute Gasteiger partial charge is 0.486 e. The zero-order chi connectivity index (χ0) is 12.2. The van der Waals surface area contributed by atoms with Crippen LogP contribution in [0.1, 0.15) is 30.5 Å². The second kappa shape index (κ2) is 5.18. The van der Waals surface area contributed by atoms with Crippen LogP contribution >= 0.6 is 0 Å². The summed E-state index contributed by atoms with van der Waals surface area (Å²) in [6.07, 6.45) is 2.30. The molecule has 0 spiro atoms. The van der Waals surface area contributed by atoms with Gasteiger partial charge in [-0.2, -0.15) is 5.10 Å². The average molecular weight is 244 g/mol. The molecule has 1 aromatic heterocycles. The molecule has 1 atom stereocenters. The fraction of sp³-hybridized carbons (Fsp3) is 0.385. The van der Waals surface area contributed by atoms with E-state index < -0.39 is 0 Å². The summed E-state index contributed by atoms with van der Waals surface area (Å²) in [6, 6.07) is 10.0. The number of H-pyrrole nitrogens is 1. The highest BCUT2D eigenvalue weighted by Gasteiger charge is 2.20. The van der Waals surface area contributed by atoms with Crippen molar-refractivity contribution in [2.45, 2.75) is 25.5 Å². The van der Waals surface area contributed by atoms with Crippen molar-refractivity contribution in [1.82, 2.24) is 20.5 Å². The molecule has 3 rings (SSSR count). The van der Waals surface area contributed by atoms with E-state index >= 15 is 0 Å². The highest BCUT2D eigenvalue weighted by Crippen LogP contribution is 2.19. The molecule has 1 aromatic carbocycles. The summed E-state index contributed by atoms with van der Waals surface area (Å²) >= 11 is 0. The van der Waals surface area contributed by atoms with E-state index in [9.17, 15) is 0 Å². The van der Waals surface area contributed by atoms with E-state index in [2.05, 4.69) is 20.5 Å². The fourth-order valence-corrected chi connectivity index (χ4v) is 2.10. The second-order valence-electron chi connectivity index (χ2n) is 4.39. The number of para-hydroxylation sites is 1. The van der Waals surface area contributed by atoms with Gasteiger partial charge in [0.05, 0.1) is 6.04 Å². The van der Waals surface area contributed by atoms with Gasteiger partial charge in [0.1, 0.15) is 12.4 Å². The van der Waals surface area contributed by atoms with E-state index in [4.69, 9.17) is 4.74 Å². The summed E-state index contributed by atoms with van der Waals surface area (Å²) in [5.74, 6) is 2.45. The molecule has 18 heavy (non-hydrogen) atoms. The average Bonchev–Trinajstić information content (AvgIpc) is 3.08. The molecule has 2 N–H and O–H groups in total. The first-order valence-corrected chi connectivity index (χ1v) is 6.24. The lowest BCUT2D eigenvalue weighted by atomic mass is 10.2. The molecular formula is C13H16N4O. The van der Waals surface area contributed by atoms with Gasteiger partial charge in [0, 0.05) is 0 Å². The number of rotatable bonds is 4. The van der Waals surface area contributed by atoms with Crippen LogP contribution in [0.5, 0.6) is 5.75 Å². The highest BCUT2D eigenvalue weighted by atomic mass is 16.5. The Morgan fingerprint density at radius 3 is 2.94 bits per heavy atom. The lowest BCUT2D eigenvalue weighted by Crippen LogP contribution is -2.14. The minimum atomic E-state index is 0.298. The van der Waals surface area contributed by atoms with E-state index in [1.807, 2.05) is 30.3 Å². The second-order valence-corrected chi connectivity index (χ2v) is 4.39. The van der Waals surface area contributed by atoms with Crippen molar-refractivity contribution in [2.24, 2.45) is 0 Å². The Balaban J connectivity index is 1.60. The van der Waals surface area contributed by atoms with Crippen LogP contribution in [0.15, 0.2) is 30.3 Å². The van der Waals surface area contributed by atoms with E-state index in [0.717, 1.165) is 30.4 Å². The van der Waals surface area contributed by atoms with E-state index in [1.165, 1.54) is 6.42 Å². The maximum atomic E-state index is 5.61. The van der Waals surface area contributed by atoms with Crippen molar-refractivity contribution in [3.63, 3.8) is 0 Å². The van der Waals surface area contributed by atoms with Crippen LogP contribution in [-0.2, 0) is 6.61 Å². The van der Waals surface area contributed by atoms with Crippen molar-refractivity contribution >= 4 is 0 Å². The number of ether oxygens (including phenoxy) is 1. The minimum Gasteiger partial charge on any atom is -0.486 e. The van der Waals surface area contributed by atoms with Crippen LogP contribution in [0, 0.1) is 0 Å². The van der Waals surface area contributed by atoms with Gasteiger partial charge in [0.2, 0.25) is 0 Å². The normalized spacial score (nSPS) is 19.0. The standard InChI is InChI=1S/C13H16N4O/c1-2-5-10(6-3-1)18-9-12-15-13(17-16-12)11-7-4-8-14-11/h1-3,5-6,11,14H,4,7-9H2,(H,15,16,17). The van der Waals surface area contributed by atoms with Gasteiger partial charge in [-0.1, -0.05) is 18.2 Å². The number of nitrogens with one attached hydrogen (secondary N) is 2. The van der Waals surface area contributed by atoms with Crippen LogP contribution in [0.3, 0.4) is 0 Å². The van der Waals surface area contributed by atoms with Gasteiger partial charge in [-0.3, -0.25) is 5.10 Å². The third-order valence-electron chi connectivity index (χ3n) is 3.04. The Kier molecular flexibility index (Phi) is 3.23. The van der Waals surface area contributed by atoms with Crippen LogP contribution < -0.4 is 10.1 Å². The van der Waals surface area contributed by atoms with Crippen molar-refractivity contribution in [2.75, 3.05) is 6.54 Å². The van der Waals surface area contributed by atoms with Crippen molar-refractivity contribution in [3.05, 3.63) is 42.0 Å². The van der Waals surface area contributed by atoms with Crippen molar-refractivity contribution < 1.29 is 4.74 Å². The number of aromatic amines is 1. The molecule has 2 aromatic rings. The predicted molar refractivity (Wildman–Crippen MR) is 67.1 cm³/mol. The summed E-state index contributed by atoms with van der Waals surface area (Å²) in [7, 11) is 0. The zero-order valence-electron chi connectivity index (χ0n) is 10.1. The van der Waals surface area contributed by atoms with Crippen LogP contribution in [0.2, 0.25) is 0 Å². The van der Waals surface area contributed by atoms with Gasteiger partial charge in [-0.15, -0.1) is 0 Å². The van der Waals surface area contributed by atoms with E-state index in [1.54, 1.807) is 0 Å². The molecule has 1 aliphatic heterocycles. The number of hydrogen-bond acceptors (Lipinski definition) is 4. The van der Waals surface area contributed by atoms with E-state index in [0.29, 0.717) is 12.6 Å². The molecule has 5 heteroatoms. The summed E-state index contributed by atoms with van der Waals surface area (Å²) in [5, 5.41) is 10.5. The fourth-order valence-electron chi connectivity index (χ4n) is 2.10. The van der Waals surface area contributed by atoms with Gasteiger partial charge in [-0.25, -0.2) is 4.98 Å². The third-order valence-corrected chi connectivity index (χ3v) is 3.04. The summed E-state index contributed by atoms with van der Waals surface area (Å²) < 4.78 is 5.61.